The van der Waals surface area contributed by atoms with Crippen molar-refractivity contribution in [1.82, 2.24) is 4.31 Å². The van der Waals surface area contributed by atoms with Crippen LogP contribution < -0.4 is 10.1 Å². The van der Waals surface area contributed by atoms with E-state index in [1.807, 2.05) is 0 Å². The van der Waals surface area contributed by atoms with Crippen molar-refractivity contribution in [3.8, 4) is 5.75 Å². The van der Waals surface area contributed by atoms with Crippen LogP contribution in [0.15, 0.2) is 45.8 Å². The van der Waals surface area contributed by atoms with Gasteiger partial charge in [-0.3, -0.25) is 4.79 Å². The number of sulfonamides is 1. The van der Waals surface area contributed by atoms with Gasteiger partial charge < -0.3 is 14.8 Å². The Morgan fingerprint density at radius 3 is 2.66 bits per heavy atom. The van der Waals surface area contributed by atoms with E-state index in [0.717, 1.165) is 6.07 Å². The van der Waals surface area contributed by atoms with Gasteiger partial charge in [-0.15, -0.1) is 0 Å². The first-order chi connectivity index (χ1) is 13.8. The van der Waals surface area contributed by atoms with Crippen molar-refractivity contribution in [1.29, 1.82) is 0 Å². The van der Waals surface area contributed by atoms with Crippen molar-refractivity contribution in [3.05, 3.63) is 52.3 Å². The molecule has 0 bridgehead atoms. The fourth-order valence-corrected chi connectivity index (χ4v) is 4.85. The fourth-order valence-electron chi connectivity index (χ4n) is 2.86. The maximum absolute atomic E-state index is 13.5. The molecule has 10 heteroatoms. The van der Waals surface area contributed by atoms with Crippen LogP contribution in [0.4, 0.5) is 10.1 Å². The number of nitrogens with zero attached hydrogens (tertiary/aromatic N) is 1. The molecule has 1 aliphatic rings. The number of carbonyl (C=O) groups excluding carboxylic acids is 1. The molecule has 29 heavy (non-hydrogen) atoms. The molecule has 0 aliphatic carbocycles. The van der Waals surface area contributed by atoms with Crippen molar-refractivity contribution in [3.63, 3.8) is 0 Å². The molecule has 2 aromatic carbocycles. The van der Waals surface area contributed by atoms with Gasteiger partial charge in [0.05, 0.1) is 25.4 Å². The number of hydrogen-bond donors (Lipinski definition) is 1. The lowest BCUT2D eigenvalue weighted by Gasteiger charge is -2.27. The molecule has 1 amide bonds. The summed E-state index contributed by atoms with van der Waals surface area (Å²) in [5.41, 5.74) is 0.345. The van der Waals surface area contributed by atoms with E-state index in [9.17, 15) is 17.6 Å². The number of halogens is 2. The van der Waals surface area contributed by atoms with Crippen molar-refractivity contribution in [2.75, 3.05) is 38.2 Å². The molecule has 1 aliphatic heterocycles. The van der Waals surface area contributed by atoms with Gasteiger partial charge >= 0.3 is 0 Å². The molecule has 1 N–H and O–H groups in total. The Kier molecular flexibility index (Phi) is 6.89. The maximum atomic E-state index is 13.5. The topological polar surface area (TPSA) is 84.9 Å². The number of anilines is 1. The van der Waals surface area contributed by atoms with Gasteiger partial charge in [0.15, 0.2) is 0 Å². The summed E-state index contributed by atoms with van der Waals surface area (Å²) < 4.78 is 52.2. The van der Waals surface area contributed by atoms with Crippen LogP contribution in [0.25, 0.3) is 0 Å². The molecular formula is C19H20BrFN2O5S. The molecular weight excluding hydrogens is 467 g/mol. The first kappa shape index (κ1) is 21.7. The van der Waals surface area contributed by atoms with Gasteiger partial charge in [0.1, 0.15) is 16.5 Å². The predicted molar refractivity (Wildman–Crippen MR) is 109 cm³/mol. The lowest BCUT2D eigenvalue weighted by molar-refractivity contribution is 0.0729. The third-order valence-corrected chi connectivity index (χ3v) is 6.87. The molecule has 2 aromatic rings. The van der Waals surface area contributed by atoms with Crippen LogP contribution in [-0.2, 0) is 14.8 Å². The first-order valence-electron chi connectivity index (χ1n) is 8.94. The van der Waals surface area contributed by atoms with E-state index >= 15 is 0 Å². The number of benzene rings is 2. The van der Waals surface area contributed by atoms with Gasteiger partial charge in [-0.05, 0) is 59.3 Å². The summed E-state index contributed by atoms with van der Waals surface area (Å²) in [5.74, 6) is -0.931. The second-order valence-electron chi connectivity index (χ2n) is 6.19. The summed E-state index contributed by atoms with van der Waals surface area (Å²) >= 11 is 3.21. The number of nitrogens with one attached hydrogen (secondary N) is 1. The van der Waals surface area contributed by atoms with E-state index in [0.29, 0.717) is 17.7 Å². The Labute approximate surface area is 177 Å². The molecule has 7 nitrogen and oxygen atoms in total. The Morgan fingerprint density at radius 2 is 1.97 bits per heavy atom. The highest BCUT2D eigenvalue weighted by atomic mass is 79.9. The summed E-state index contributed by atoms with van der Waals surface area (Å²) in [4.78, 5) is 12.5. The largest absolute Gasteiger partial charge is 0.492 e. The second kappa shape index (κ2) is 9.21. The summed E-state index contributed by atoms with van der Waals surface area (Å²) in [7, 11) is -3.84. The van der Waals surface area contributed by atoms with Gasteiger partial charge in [-0.2, -0.15) is 4.31 Å². The summed E-state index contributed by atoms with van der Waals surface area (Å²) in [5, 5.41) is 2.61. The molecule has 0 unspecified atom stereocenters. The Morgan fingerprint density at radius 1 is 1.24 bits per heavy atom. The van der Waals surface area contributed by atoms with Crippen molar-refractivity contribution < 1.29 is 27.1 Å². The van der Waals surface area contributed by atoms with E-state index < -0.39 is 21.7 Å². The summed E-state index contributed by atoms with van der Waals surface area (Å²) in [6, 6.07) is 8.13. The van der Waals surface area contributed by atoms with Gasteiger partial charge in [0, 0.05) is 23.2 Å². The zero-order valence-corrected chi connectivity index (χ0v) is 18.1. The third-order valence-electron chi connectivity index (χ3n) is 4.26. The van der Waals surface area contributed by atoms with Crippen molar-refractivity contribution in [2.24, 2.45) is 0 Å². The maximum Gasteiger partial charge on any atom is 0.256 e. The normalized spacial score (nSPS) is 15.1. The van der Waals surface area contributed by atoms with Crippen LogP contribution in [0.3, 0.4) is 0 Å². The molecule has 0 aromatic heterocycles. The van der Waals surface area contributed by atoms with Crippen LogP contribution in [0.2, 0.25) is 0 Å². The van der Waals surface area contributed by atoms with E-state index in [2.05, 4.69) is 21.2 Å². The molecule has 1 heterocycles. The molecule has 3 rings (SSSR count). The number of morpholine rings is 1. The number of amides is 1. The smallest absolute Gasteiger partial charge is 0.256 e. The first-order valence-corrected chi connectivity index (χ1v) is 11.2. The van der Waals surface area contributed by atoms with Crippen LogP contribution in [0, 0.1) is 5.82 Å². The van der Waals surface area contributed by atoms with Crippen molar-refractivity contribution in [2.45, 2.75) is 11.8 Å². The zero-order chi connectivity index (χ0) is 21.0. The van der Waals surface area contributed by atoms with Crippen LogP contribution in [0.5, 0.6) is 5.75 Å². The predicted octanol–water partition coefficient (Wildman–Crippen LogP) is 3.26. The van der Waals surface area contributed by atoms with Gasteiger partial charge in [0.2, 0.25) is 10.0 Å². The monoisotopic (exact) mass is 486 g/mol. The third kappa shape index (κ3) is 4.95. The van der Waals surface area contributed by atoms with E-state index in [-0.39, 0.29) is 41.6 Å². The minimum absolute atomic E-state index is 0.0441. The van der Waals surface area contributed by atoms with Gasteiger partial charge in [0.25, 0.3) is 5.91 Å². The molecule has 0 atom stereocenters. The SMILES string of the molecule is CCOc1ccc(NC(=O)c2cc(F)ccc2Br)cc1S(=O)(=O)N1CCOCC1. The number of hydrogen-bond acceptors (Lipinski definition) is 5. The molecule has 156 valence electrons. The average molecular weight is 487 g/mol. The van der Waals surface area contributed by atoms with Crippen LogP contribution in [-0.4, -0.2) is 51.5 Å². The minimum atomic E-state index is -3.84. The quantitative estimate of drug-likeness (QED) is 0.677. The second-order valence-corrected chi connectivity index (χ2v) is 8.95. The van der Waals surface area contributed by atoms with E-state index in [1.165, 1.54) is 34.6 Å². The molecule has 0 spiro atoms. The van der Waals surface area contributed by atoms with Crippen LogP contribution >= 0.6 is 15.9 Å². The van der Waals surface area contributed by atoms with E-state index in [4.69, 9.17) is 9.47 Å². The molecule has 1 saturated heterocycles. The lowest BCUT2D eigenvalue weighted by atomic mass is 10.2. The molecule has 1 fully saturated rings. The van der Waals surface area contributed by atoms with Crippen LogP contribution in [0.1, 0.15) is 17.3 Å². The Balaban J connectivity index is 1.94. The highest BCUT2D eigenvalue weighted by Crippen LogP contribution is 2.31. The minimum Gasteiger partial charge on any atom is -0.492 e. The number of carbonyl (C=O) groups is 1. The zero-order valence-electron chi connectivity index (χ0n) is 15.7. The average Bonchev–Trinajstić information content (AvgIpc) is 2.71. The Hall–Kier alpha value is -2.01. The Bertz CT molecular complexity index is 1010. The summed E-state index contributed by atoms with van der Waals surface area (Å²) in [6.07, 6.45) is 0. The summed E-state index contributed by atoms with van der Waals surface area (Å²) in [6.45, 7) is 3.14. The van der Waals surface area contributed by atoms with Gasteiger partial charge in [-0.1, -0.05) is 0 Å². The molecule has 0 radical (unpaired) electrons. The highest BCUT2D eigenvalue weighted by molar-refractivity contribution is 9.10. The fraction of sp³-hybridized carbons (Fsp3) is 0.316. The number of rotatable bonds is 6. The van der Waals surface area contributed by atoms with E-state index in [1.54, 1.807) is 6.92 Å². The number of ether oxygens (including phenoxy) is 2. The standard InChI is InChI=1S/C19H20BrFN2O5S/c1-2-28-17-6-4-14(22-19(24)15-11-13(21)3-5-16(15)20)12-18(17)29(25,26)23-7-9-27-10-8-23/h3-6,11-12H,2,7-10H2,1H3,(H,22,24). The highest BCUT2D eigenvalue weighted by Gasteiger charge is 2.30. The van der Waals surface area contributed by atoms with Gasteiger partial charge in [-0.25, -0.2) is 12.8 Å². The lowest BCUT2D eigenvalue weighted by Crippen LogP contribution is -2.40. The van der Waals surface area contributed by atoms with Crippen molar-refractivity contribution >= 4 is 37.5 Å². The molecule has 0 saturated carbocycles.